The van der Waals surface area contributed by atoms with Gasteiger partial charge in [0.05, 0.1) is 12.7 Å². The minimum absolute atomic E-state index is 0.120. The van der Waals surface area contributed by atoms with E-state index in [2.05, 4.69) is 36.9 Å². The highest BCUT2D eigenvalue weighted by atomic mass is 16.5. The number of anilines is 1. The van der Waals surface area contributed by atoms with Crippen LogP contribution >= 0.6 is 0 Å². The van der Waals surface area contributed by atoms with Crippen molar-refractivity contribution in [2.75, 3.05) is 18.1 Å². The summed E-state index contributed by atoms with van der Waals surface area (Å²) in [5, 5.41) is 8.86. The van der Waals surface area contributed by atoms with Gasteiger partial charge >= 0.3 is 0 Å². The van der Waals surface area contributed by atoms with E-state index in [9.17, 15) is 0 Å². The van der Waals surface area contributed by atoms with E-state index in [-0.39, 0.29) is 5.54 Å². The average Bonchev–Trinajstić information content (AvgIpc) is 2.66. The summed E-state index contributed by atoms with van der Waals surface area (Å²) in [4.78, 5) is 2.41. The normalized spacial score (nSPS) is 21.2. The number of benzene rings is 1. The van der Waals surface area contributed by atoms with Gasteiger partial charge in [0.25, 0.3) is 0 Å². The van der Waals surface area contributed by atoms with Crippen molar-refractivity contribution >= 4 is 5.69 Å². The third-order valence-corrected chi connectivity index (χ3v) is 3.80. The molecule has 3 heteroatoms. The molecule has 19 heavy (non-hydrogen) atoms. The van der Waals surface area contributed by atoms with Gasteiger partial charge in [-0.25, -0.2) is 0 Å². The molecule has 1 saturated heterocycles. The van der Waals surface area contributed by atoms with Gasteiger partial charge < -0.3 is 9.64 Å². The summed E-state index contributed by atoms with van der Waals surface area (Å²) >= 11 is 0. The smallest absolute Gasteiger partial charge is 0.119 e. The molecule has 0 bridgehead atoms. The Labute approximate surface area is 115 Å². The van der Waals surface area contributed by atoms with Crippen molar-refractivity contribution in [2.24, 2.45) is 5.92 Å². The number of nitrogens with zero attached hydrogens (tertiary/aromatic N) is 2. The zero-order chi connectivity index (χ0) is 13.9. The van der Waals surface area contributed by atoms with E-state index < -0.39 is 0 Å². The van der Waals surface area contributed by atoms with E-state index in [1.807, 2.05) is 19.1 Å². The summed E-state index contributed by atoms with van der Waals surface area (Å²) in [5.41, 5.74) is 1.34. The molecule has 1 unspecified atom stereocenters. The van der Waals surface area contributed by atoms with Crippen LogP contribution < -0.4 is 9.64 Å². The van der Waals surface area contributed by atoms with E-state index >= 15 is 0 Å². The molecule has 0 radical (unpaired) electrons. The lowest BCUT2D eigenvalue weighted by atomic mass is 9.95. The van der Waals surface area contributed by atoms with Crippen molar-refractivity contribution in [2.45, 2.75) is 39.2 Å². The number of nitriles is 1. The summed E-state index contributed by atoms with van der Waals surface area (Å²) in [6.45, 7) is 8.15. The second-order valence-corrected chi connectivity index (χ2v) is 5.78. The lowest BCUT2D eigenvalue weighted by molar-refractivity contribution is 0.340. The van der Waals surface area contributed by atoms with Crippen molar-refractivity contribution in [1.82, 2.24) is 0 Å². The number of rotatable bonds is 4. The highest BCUT2D eigenvalue weighted by molar-refractivity contribution is 5.52. The van der Waals surface area contributed by atoms with Gasteiger partial charge in [0, 0.05) is 24.2 Å². The van der Waals surface area contributed by atoms with Gasteiger partial charge in [-0.3, -0.25) is 0 Å². The molecule has 0 spiro atoms. The van der Waals surface area contributed by atoms with Gasteiger partial charge in [-0.15, -0.1) is 0 Å². The van der Waals surface area contributed by atoms with Gasteiger partial charge in [-0.2, -0.15) is 5.26 Å². The quantitative estimate of drug-likeness (QED) is 0.827. The first-order valence-electron chi connectivity index (χ1n) is 6.94. The summed E-state index contributed by atoms with van der Waals surface area (Å²) in [6.07, 6.45) is 1.73. The lowest BCUT2D eigenvalue weighted by Crippen LogP contribution is -2.38. The summed E-state index contributed by atoms with van der Waals surface area (Å²) < 4.78 is 5.47. The third-order valence-electron chi connectivity index (χ3n) is 3.80. The molecule has 1 aromatic carbocycles. The van der Waals surface area contributed by atoms with Gasteiger partial charge in [0.1, 0.15) is 5.75 Å². The standard InChI is InChI=1S/C16H22N2O/c1-4-19-15-7-5-14(6-8-15)18-12-13(9-10-17)11-16(18,2)3/h5-8,13H,4,9,11-12H2,1-3H3. The number of ether oxygens (including phenoxy) is 1. The molecule has 0 aromatic heterocycles. The molecule has 0 amide bonds. The summed E-state index contributed by atoms with van der Waals surface area (Å²) in [6, 6.07) is 10.6. The zero-order valence-electron chi connectivity index (χ0n) is 12.0. The summed E-state index contributed by atoms with van der Waals surface area (Å²) in [5.74, 6) is 1.39. The molecule has 102 valence electrons. The Bertz CT molecular complexity index is 459. The highest BCUT2D eigenvalue weighted by Crippen LogP contribution is 2.38. The SMILES string of the molecule is CCOc1ccc(N2CC(CC#N)CC2(C)C)cc1. The van der Waals surface area contributed by atoms with Crippen LogP contribution in [0.15, 0.2) is 24.3 Å². The predicted molar refractivity (Wildman–Crippen MR) is 77.4 cm³/mol. The van der Waals surface area contributed by atoms with Crippen LogP contribution in [0.2, 0.25) is 0 Å². The Morgan fingerprint density at radius 1 is 1.37 bits per heavy atom. The Kier molecular flexibility index (Phi) is 3.99. The average molecular weight is 258 g/mol. The van der Waals surface area contributed by atoms with Crippen LogP contribution in [-0.4, -0.2) is 18.7 Å². The molecule has 0 aliphatic carbocycles. The molecule has 0 N–H and O–H groups in total. The maximum atomic E-state index is 8.86. The van der Waals surface area contributed by atoms with E-state index in [4.69, 9.17) is 10.00 Å². The fourth-order valence-electron chi connectivity index (χ4n) is 3.00. The van der Waals surface area contributed by atoms with E-state index in [1.54, 1.807) is 0 Å². The monoisotopic (exact) mass is 258 g/mol. The van der Waals surface area contributed by atoms with E-state index in [0.717, 1.165) is 18.7 Å². The van der Waals surface area contributed by atoms with Crippen LogP contribution in [0.3, 0.4) is 0 Å². The van der Waals surface area contributed by atoms with Crippen molar-refractivity contribution in [3.05, 3.63) is 24.3 Å². The fraction of sp³-hybridized carbons (Fsp3) is 0.562. The van der Waals surface area contributed by atoms with E-state index in [0.29, 0.717) is 18.9 Å². The van der Waals surface area contributed by atoms with Gasteiger partial charge in [0.15, 0.2) is 0 Å². The molecule has 2 rings (SSSR count). The Morgan fingerprint density at radius 2 is 2.05 bits per heavy atom. The molecule has 3 nitrogen and oxygen atoms in total. The molecule has 1 aromatic rings. The van der Waals surface area contributed by atoms with Crippen LogP contribution in [0.1, 0.15) is 33.6 Å². The highest BCUT2D eigenvalue weighted by Gasteiger charge is 2.38. The van der Waals surface area contributed by atoms with Gasteiger partial charge in [0.2, 0.25) is 0 Å². The number of hydrogen-bond acceptors (Lipinski definition) is 3. The van der Waals surface area contributed by atoms with Crippen LogP contribution in [-0.2, 0) is 0 Å². The largest absolute Gasteiger partial charge is 0.494 e. The summed E-state index contributed by atoms with van der Waals surface area (Å²) in [7, 11) is 0. The Balaban J connectivity index is 2.14. The van der Waals surface area contributed by atoms with E-state index in [1.165, 1.54) is 5.69 Å². The Hall–Kier alpha value is -1.69. The van der Waals surface area contributed by atoms with Crippen LogP contribution in [0, 0.1) is 17.2 Å². The third kappa shape index (κ3) is 3.01. The first kappa shape index (κ1) is 13.7. The first-order valence-corrected chi connectivity index (χ1v) is 6.94. The maximum Gasteiger partial charge on any atom is 0.119 e. The molecule has 1 atom stereocenters. The second kappa shape index (κ2) is 5.52. The minimum Gasteiger partial charge on any atom is -0.494 e. The van der Waals surface area contributed by atoms with Crippen LogP contribution in [0.4, 0.5) is 5.69 Å². The molecule has 1 fully saturated rings. The minimum atomic E-state index is 0.120. The lowest BCUT2D eigenvalue weighted by Gasteiger charge is -2.33. The molecule has 1 aliphatic rings. The molecule has 1 heterocycles. The topological polar surface area (TPSA) is 36.3 Å². The van der Waals surface area contributed by atoms with Crippen molar-refractivity contribution < 1.29 is 4.74 Å². The maximum absolute atomic E-state index is 8.86. The second-order valence-electron chi connectivity index (χ2n) is 5.78. The molecular weight excluding hydrogens is 236 g/mol. The zero-order valence-corrected chi connectivity index (χ0v) is 12.0. The first-order chi connectivity index (χ1) is 9.06. The Morgan fingerprint density at radius 3 is 2.63 bits per heavy atom. The van der Waals surface area contributed by atoms with Crippen molar-refractivity contribution in [3.8, 4) is 11.8 Å². The van der Waals surface area contributed by atoms with Crippen molar-refractivity contribution in [3.63, 3.8) is 0 Å². The van der Waals surface area contributed by atoms with Gasteiger partial charge in [-0.05, 0) is 57.4 Å². The van der Waals surface area contributed by atoms with Crippen molar-refractivity contribution in [1.29, 1.82) is 5.26 Å². The van der Waals surface area contributed by atoms with Crippen LogP contribution in [0.25, 0.3) is 0 Å². The fourth-order valence-corrected chi connectivity index (χ4v) is 3.00. The van der Waals surface area contributed by atoms with Gasteiger partial charge in [-0.1, -0.05) is 0 Å². The molecule has 0 saturated carbocycles. The molecular formula is C16H22N2O. The molecule has 1 aliphatic heterocycles. The predicted octanol–water partition coefficient (Wildman–Crippen LogP) is 3.60. The number of hydrogen-bond donors (Lipinski definition) is 0. The van der Waals surface area contributed by atoms with Crippen LogP contribution in [0.5, 0.6) is 5.75 Å².